The molecule has 0 aliphatic rings. The monoisotopic (exact) mass is 426 g/mol. The van der Waals surface area contributed by atoms with Crippen LogP contribution in [0.25, 0.3) is 0 Å². The summed E-state index contributed by atoms with van der Waals surface area (Å²) in [6.07, 6.45) is 0. The van der Waals surface area contributed by atoms with Crippen LogP contribution in [0.2, 0.25) is 0 Å². The number of hydrogen-bond acceptors (Lipinski definition) is 0. The van der Waals surface area contributed by atoms with Crippen LogP contribution < -0.4 is 13.2 Å². The van der Waals surface area contributed by atoms with Crippen LogP contribution in [0.1, 0.15) is 16.7 Å². The first-order valence-corrected chi connectivity index (χ1v) is 16.0. The van der Waals surface area contributed by atoms with Gasteiger partial charge in [0.25, 0.3) is 0 Å². The van der Waals surface area contributed by atoms with Gasteiger partial charge in [-0.3, -0.25) is 0 Å². The molecule has 0 aliphatic heterocycles. The molecule has 0 unspecified atom stereocenters. The van der Waals surface area contributed by atoms with Crippen LogP contribution in [-0.4, -0.2) is 11.4 Å². The average molecular weight is 426 g/mol. The Morgan fingerprint density at radius 2 is 0.696 bits per heavy atom. The Kier molecular flexibility index (Phi) is 4.79. The van der Waals surface area contributed by atoms with Crippen LogP contribution in [0.3, 0.4) is 0 Å². The van der Waals surface area contributed by atoms with Crippen molar-refractivity contribution in [2.75, 3.05) is 0 Å². The zero-order valence-electron chi connectivity index (χ0n) is 13.8. The van der Waals surface area contributed by atoms with Gasteiger partial charge in [0.2, 0.25) is 0 Å². The van der Waals surface area contributed by atoms with Crippen molar-refractivity contribution in [3.05, 3.63) is 89.5 Å². The number of benzene rings is 3. The van der Waals surface area contributed by atoms with Crippen LogP contribution in [0.15, 0.2) is 72.8 Å². The summed E-state index contributed by atoms with van der Waals surface area (Å²) in [4.78, 5) is 0. The van der Waals surface area contributed by atoms with Crippen molar-refractivity contribution in [1.29, 1.82) is 0 Å². The summed E-state index contributed by atoms with van der Waals surface area (Å²) < 4.78 is 4.30. The van der Waals surface area contributed by atoms with Crippen molar-refractivity contribution in [3.8, 4) is 0 Å². The van der Waals surface area contributed by atoms with Gasteiger partial charge in [-0.25, -0.2) is 0 Å². The molecule has 0 amide bonds. The second-order valence-electron chi connectivity index (χ2n) is 6.26. The van der Waals surface area contributed by atoms with Crippen molar-refractivity contribution >= 4 is 38.6 Å². The Balaban J connectivity index is 2.21. The van der Waals surface area contributed by atoms with Crippen LogP contribution >= 0.6 is 14.0 Å². The Hall–Kier alpha value is -1.32. The summed E-state index contributed by atoms with van der Waals surface area (Å²) in [5.74, 6) is 0. The Morgan fingerprint density at radius 1 is 0.478 bits per heavy atom. The topological polar surface area (TPSA) is 0 Å². The normalized spacial score (nSPS) is 11.5. The maximum atomic E-state index is 4.27. The fourth-order valence-electron chi connectivity index (χ4n) is 2.85. The van der Waals surface area contributed by atoms with Gasteiger partial charge in [-0.1, -0.05) is 0 Å². The first-order valence-electron chi connectivity index (χ1n) is 7.90. The Bertz CT molecular complexity index is 676. The van der Waals surface area contributed by atoms with Gasteiger partial charge in [-0.05, 0) is 0 Å². The summed E-state index contributed by atoms with van der Waals surface area (Å²) >= 11 is 1.51. The second kappa shape index (κ2) is 6.66. The summed E-state index contributed by atoms with van der Waals surface area (Å²) in [5.41, 5.74) is 3.91. The fraction of sp³-hybridized carbons (Fsp3) is 0.143. The molecular formula is C21H21BrGe. The van der Waals surface area contributed by atoms with Crippen LogP contribution in [0, 0.1) is 20.8 Å². The molecule has 3 aromatic carbocycles. The molecule has 0 heterocycles. The predicted molar refractivity (Wildman–Crippen MR) is 107 cm³/mol. The first-order chi connectivity index (χ1) is 11.0. The molecule has 0 bridgehead atoms. The van der Waals surface area contributed by atoms with Gasteiger partial charge in [0.15, 0.2) is 0 Å². The van der Waals surface area contributed by atoms with Crippen molar-refractivity contribution in [3.63, 3.8) is 0 Å². The van der Waals surface area contributed by atoms with Crippen LogP contribution in [0.4, 0.5) is 0 Å². The zero-order chi connectivity index (χ0) is 16.4. The molecule has 0 aromatic heterocycles. The fourth-order valence-corrected chi connectivity index (χ4v) is 13.0. The quantitative estimate of drug-likeness (QED) is 0.557. The Labute approximate surface area is 148 Å². The zero-order valence-corrected chi connectivity index (χ0v) is 17.5. The van der Waals surface area contributed by atoms with E-state index >= 15 is 0 Å². The second-order valence-corrected chi connectivity index (χ2v) is 18.8. The third-order valence-electron chi connectivity index (χ3n) is 4.35. The minimum absolute atomic E-state index is 1.30. The standard InChI is InChI=1S/C21H21BrGe/c1-16-4-10-19(11-5-16)23(22,20-12-6-17(2)7-13-20)21-14-8-18(3)9-15-21/h4-15H,1-3H3. The minimum atomic E-state index is -2.76. The van der Waals surface area contributed by atoms with Gasteiger partial charge in [0.1, 0.15) is 0 Å². The number of halogens is 1. The third kappa shape index (κ3) is 3.31. The average Bonchev–Trinajstić information content (AvgIpc) is 2.56. The predicted octanol–water partition coefficient (Wildman–Crippen LogP) is 3.97. The molecule has 0 spiro atoms. The van der Waals surface area contributed by atoms with E-state index < -0.39 is 11.4 Å². The Morgan fingerprint density at radius 3 is 0.913 bits per heavy atom. The molecule has 0 fully saturated rings. The van der Waals surface area contributed by atoms with E-state index in [9.17, 15) is 0 Å². The molecule has 2 heteroatoms. The molecule has 0 nitrogen and oxygen atoms in total. The van der Waals surface area contributed by atoms with Crippen molar-refractivity contribution in [1.82, 2.24) is 0 Å². The van der Waals surface area contributed by atoms with E-state index in [1.165, 1.54) is 29.9 Å². The number of rotatable bonds is 3. The maximum absolute atomic E-state index is 4.27. The third-order valence-corrected chi connectivity index (χ3v) is 18.6. The van der Waals surface area contributed by atoms with E-state index in [1.807, 2.05) is 0 Å². The molecule has 0 N–H and O–H groups in total. The molecule has 0 saturated heterocycles. The molecule has 0 radical (unpaired) electrons. The van der Waals surface area contributed by atoms with Gasteiger partial charge >= 0.3 is 149 Å². The van der Waals surface area contributed by atoms with E-state index in [1.54, 1.807) is 0 Å². The number of aryl methyl sites for hydroxylation is 3. The van der Waals surface area contributed by atoms with E-state index in [4.69, 9.17) is 0 Å². The van der Waals surface area contributed by atoms with Gasteiger partial charge < -0.3 is 0 Å². The van der Waals surface area contributed by atoms with Crippen LogP contribution in [-0.2, 0) is 0 Å². The van der Waals surface area contributed by atoms with Gasteiger partial charge in [-0.15, -0.1) is 0 Å². The molecule has 3 rings (SSSR count). The van der Waals surface area contributed by atoms with Gasteiger partial charge in [0, 0.05) is 0 Å². The summed E-state index contributed by atoms with van der Waals surface area (Å²) in [7, 11) is 0. The molecule has 0 atom stereocenters. The molecule has 116 valence electrons. The summed E-state index contributed by atoms with van der Waals surface area (Å²) in [5, 5.41) is 0. The van der Waals surface area contributed by atoms with E-state index in [0.717, 1.165) is 0 Å². The van der Waals surface area contributed by atoms with Crippen molar-refractivity contribution < 1.29 is 0 Å². The molecule has 3 aromatic rings. The molecular weight excluding hydrogens is 405 g/mol. The number of hydrogen-bond donors (Lipinski definition) is 0. The SMILES string of the molecule is Cc1cc[c]([Ge]([Br])([c]2ccc(C)cc2)[c]2ccc(C)cc2)cc1. The van der Waals surface area contributed by atoms with E-state index in [0.29, 0.717) is 0 Å². The molecule has 0 saturated carbocycles. The van der Waals surface area contributed by atoms with Gasteiger partial charge in [-0.2, -0.15) is 0 Å². The van der Waals surface area contributed by atoms with Gasteiger partial charge in [0.05, 0.1) is 0 Å². The van der Waals surface area contributed by atoms with E-state index in [2.05, 4.69) is 108 Å². The van der Waals surface area contributed by atoms with Crippen molar-refractivity contribution in [2.24, 2.45) is 0 Å². The molecule has 0 aliphatic carbocycles. The van der Waals surface area contributed by atoms with Crippen molar-refractivity contribution in [2.45, 2.75) is 20.8 Å². The van der Waals surface area contributed by atoms with Crippen LogP contribution in [0.5, 0.6) is 0 Å². The summed E-state index contributed by atoms with van der Waals surface area (Å²) in [6.45, 7) is 6.43. The molecule has 23 heavy (non-hydrogen) atoms. The summed E-state index contributed by atoms with van der Waals surface area (Å²) in [6, 6.07) is 27.1. The van der Waals surface area contributed by atoms with E-state index in [-0.39, 0.29) is 0 Å². The first kappa shape index (κ1) is 16.5.